The fraction of sp³-hybridized carbons (Fsp3) is 0.500. The molecule has 7 nitrogen and oxygen atoms in total. The molecular weight excluding hydrogens is 361 g/mol. The van der Waals surface area contributed by atoms with Crippen molar-refractivity contribution in [3.63, 3.8) is 0 Å². The van der Waals surface area contributed by atoms with E-state index < -0.39 is 0 Å². The van der Waals surface area contributed by atoms with Crippen LogP contribution in [0.25, 0.3) is 0 Å². The Bertz CT molecular complexity index is 883. The number of nitrogens with two attached hydrogens (primary N) is 1. The Balaban J connectivity index is 1.58. The SMILES string of the molecule is COc1cc(CNc2nc(O)nc(C)c2N)c(F)cc1C1CN2CCC1CC2. The van der Waals surface area contributed by atoms with Crippen molar-refractivity contribution in [2.75, 3.05) is 37.8 Å². The van der Waals surface area contributed by atoms with Crippen LogP contribution < -0.4 is 15.8 Å². The van der Waals surface area contributed by atoms with Gasteiger partial charge in [-0.3, -0.25) is 0 Å². The third kappa shape index (κ3) is 3.44. The summed E-state index contributed by atoms with van der Waals surface area (Å²) < 4.78 is 20.5. The maximum atomic E-state index is 14.9. The number of aromatic nitrogens is 2. The lowest BCUT2D eigenvalue weighted by Gasteiger charge is -2.45. The normalized spacial score (nSPS) is 23.6. The first-order valence-corrected chi connectivity index (χ1v) is 9.62. The van der Waals surface area contributed by atoms with E-state index in [9.17, 15) is 9.50 Å². The molecule has 150 valence electrons. The monoisotopic (exact) mass is 387 g/mol. The van der Waals surface area contributed by atoms with E-state index in [2.05, 4.69) is 20.2 Å². The molecule has 5 rings (SSSR count). The van der Waals surface area contributed by atoms with Crippen LogP contribution in [0.15, 0.2) is 12.1 Å². The number of fused-ring (bicyclic) bond motifs is 3. The predicted molar refractivity (Wildman–Crippen MR) is 105 cm³/mol. The summed E-state index contributed by atoms with van der Waals surface area (Å²) in [5.74, 6) is 1.62. The number of hydrogen-bond acceptors (Lipinski definition) is 7. The van der Waals surface area contributed by atoms with Gasteiger partial charge in [0.1, 0.15) is 11.6 Å². The number of benzene rings is 1. The van der Waals surface area contributed by atoms with Gasteiger partial charge in [0, 0.05) is 30.1 Å². The Morgan fingerprint density at radius 3 is 2.71 bits per heavy atom. The van der Waals surface area contributed by atoms with Crippen LogP contribution in [-0.4, -0.2) is 46.7 Å². The van der Waals surface area contributed by atoms with Gasteiger partial charge in [-0.15, -0.1) is 0 Å². The number of piperidine rings is 3. The summed E-state index contributed by atoms with van der Waals surface area (Å²) in [4.78, 5) is 10.1. The molecule has 1 aromatic heterocycles. The van der Waals surface area contributed by atoms with E-state index in [4.69, 9.17) is 10.5 Å². The lowest BCUT2D eigenvalue weighted by molar-refractivity contribution is 0.0858. The molecule has 1 atom stereocenters. The highest BCUT2D eigenvalue weighted by Crippen LogP contribution is 2.42. The van der Waals surface area contributed by atoms with Gasteiger partial charge in [0.15, 0.2) is 5.82 Å². The first-order valence-electron chi connectivity index (χ1n) is 9.62. The Morgan fingerprint density at radius 1 is 1.32 bits per heavy atom. The molecule has 8 heteroatoms. The molecule has 4 N–H and O–H groups in total. The lowest BCUT2D eigenvalue weighted by Crippen LogP contribution is -2.46. The van der Waals surface area contributed by atoms with Gasteiger partial charge in [0.25, 0.3) is 0 Å². The van der Waals surface area contributed by atoms with E-state index in [-0.39, 0.29) is 24.2 Å². The van der Waals surface area contributed by atoms with Crippen molar-refractivity contribution in [1.82, 2.24) is 14.9 Å². The highest BCUT2D eigenvalue weighted by atomic mass is 19.1. The van der Waals surface area contributed by atoms with Gasteiger partial charge in [-0.1, -0.05) is 0 Å². The molecule has 0 radical (unpaired) electrons. The van der Waals surface area contributed by atoms with Crippen molar-refractivity contribution >= 4 is 11.5 Å². The molecule has 0 spiro atoms. The van der Waals surface area contributed by atoms with E-state index in [1.54, 1.807) is 26.2 Å². The molecule has 3 aliphatic rings. The second kappa shape index (κ2) is 7.43. The summed E-state index contributed by atoms with van der Waals surface area (Å²) in [6.45, 7) is 5.09. The number of hydrogen-bond donors (Lipinski definition) is 3. The smallest absolute Gasteiger partial charge is 0.316 e. The number of aryl methyl sites for hydroxylation is 1. The Hall–Kier alpha value is -2.61. The van der Waals surface area contributed by atoms with E-state index in [0.29, 0.717) is 34.5 Å². The van der Waals surface area contributed by atoms with Crippen molar-refractivity contribution in [3.05, 3.63) is 34.8 Å². The number of halogens is 1. The van der Waals surface area contributed by atoms with Crippen molar-refractivity contribution in [3.8, 4) is 11.8 Å². The van der Waals surface area contributed by atoms with Gasteiger partial charge in [0.2, 0.25) is 0 Å². The zero-order valence-electron chi connectivity index (χ0n) is 16.2. The highest BCUT2D eigenvalue weighted by molar-refractivity contribution is 5.64. The van der Waals surface area contributed by atoms with Crippen molar-refractivity contribution in [2.45, 2.75) is 32.2 Å². The van der Waals surface area contributed by atoms with Crippen molar-refractivity contribution < 1.29 is 14.2 Å². The number of aromatic hydroxyl groups is 1. The minimum Gasteiger partial charge on any atom is -0.496 e. The van der Waals surface area contributed by atoms with E-state index in [1.807, 2.05) is 0 Å². The number of ether oxygens (including phenoxy) is 1. The molecule has 0 aliphatic carbocycles. The molecule has 3 aliphatic heterocycles. The summed E-state index contributed by atoms with van der Waals surface area (Å²) in [6, 6.07) is 3.00. The first-order chi connectivity index (χ1) is 13.5. The average molecular weight is 387 g/mol. The summed E-state index contributed by atoms with van der Waals surface area (Å²) in [5, 5.41) is 12.6. The van der Waals surface area contributed by atoms with Crippen molar-refractivity contribution in [2.24, 2.45) is 5.92 Å². The van der Waals surface area contributed by atoms with Crippen LogP contribution in [-0.2, 0) is 6.54 Å². The molecule has 2 aromatic rings. The number of nitrogen functional groups attached to an aromatic ring is 1. The Labute approximate surface area is 163 Å². The van der Waals surface area contributed by atoms with Gasteiger partial charge in [-0.25, -0.2) is 4.39 Å². The van der Waals surface area contributed by atoms with Gasteiger partial charge < -0.3 is 25.8 Å². The number of nitrogens with zero attached hydrogens (tertiary/aromatic N) is 3. The van der Waals surface area contributed by atoms with Gasteiger partial charge in [-0.2, -0.15) is 9.97 Å². The van der Waals surface area contributed by atoms with Crippen molar-refractivity contribution in [1.29, 1.82) is 0 Å². The molecule has 28 heavy (non-hydrogen) atoms. The standard InChI is InChI=1S/C20H26FN5O2/c1-11-18(22)19(25-20(27)24-11)23-9-13-7-17(28-2)14(8-16(13)21)15-10-26-5-3-12(15)4-6-26/h7-8,12,15H,3-6,9-10,22H2,1-2H3,(H2,23,24,25,27). The highest BCUT2D eigenvalue weighted by Gasteiger charge is 2.36. The second-order valence-corrected chi connectivity index (χ2v) is 7.65. The zero-order valence-corrected chi connectivity index (χ0v) is 16.2. The van der Waals surface area contributed by atoms with Crippen LogP contribution >= 0.6 is 0 Å². The molecule has 3 fully saturated rings. The summed E-state index contributed by atoms with van der Waals surface area (Å²) in [6.07, 6.45) is 2.32. The zero-order chi connectivity index (χ0) is 19.8. The first kappa shape index (κ1) is 18.7. The van der Waals surface area contributed by atoms with Gasteiger partial charge >= 0.3 is 6.01 Å². The molecule has 0 amide bonds. The molecule has 1 unspecified atom stereocenters. The molecule has 4 heterocycles. The number of anilines is 2. The largest absolute Gasteiger partial charge is 0.496 e. The van der Waals surface area contributed by atoms with E-state index in [1.165, 1.54) is 0 Å². The second-order valence-electron chi connectivity index (χ2n) is 7.65. The number of methoxy groups -OCH3 is 1. The third-order valence-electron chi connectivity index (χ3n) is 6.03. The molecular formula is C20H26FN5O2. The van der Waals surface area contributed by atoms with E-state index >= 15 is 0 Å². The molecule has 1 aromatic carbocycles. The predicted octanol–water partition coefficient (Wildman–Crippen LogP) is 2.64. The van der Waals surface area contributed by atoms with E-state index in [0.717, 1.165) is 38.0 Å². The van der Waals surface area contributed by atoms with Gasteiger partial charge in [-0.05, 0) is 50.9 Å². The molecule has 0 saturated carbocycles. The topological polar surface area (TPSA) is 96.5 Å². The summed E-state index contributed by atoms with van der Waals surface area (Å²) in [7, 11) is 1.62. The maximum Gasteiger partial charge on any atom is 0.316 e. The van der Waals surface area contributed by atoms with Crippen LogP contribution in [0.2, 0.25) is 0 Å². The lowest BCUT2D eigenvalue weighted by atomic mass is 9.75. The minimum atomic E-state index is -0.370. The van der Waals surface area contributed by atoms with Crippen LogP contribution in [0.4, 0.5) is 15.9 Å². The Kier molecular flexibility index (Phi) is 4.97. The molecule has 2 bridgehead atoms. The van der Waals surface area contributed by atoms with Crippen LogP contribution in [0, 0.1) is 18.7 Å². The number of rotatable bonds is 5. The molecule has 3 saturated heterocycles. The maximum absolute atomic E-state index is 14.9. The Morgan fingerprint density at radius 2 is 2.07 bits per heavy atom. The fourth-order valence-electron chi connectivity index (χ4n) is 4.41. The van der Waals surface area contributed by atoms with Crippen LogP contribution in [0.1, 0.15) is 35.6 Å². The quantitative estimate of drug-likeness (QED) is 0.726. The number of nitrogens with one attached hydrogen (secondary N) is 1. The minimum absolute atomic E-state index is 0.169. The van der Waals surface area contributed by atoms with Gasteiger partial charge in [0.05, 0.1) is 18.5 Å². The van der Waals surface area contributed by atoms with Crippen LogP contribution in [0.3, 0.4) is 0 Å². The third-order valence-corrected chi connectivity index (χ3v) is 6.03. The summed E-state index contributed by atoms with van der Waals surface area (Å²) in [5.41, 5.74) is 8.14. The summed E-state index contributed by atoms with van der Waals surface area (Å²) >= 11 is 0. The fourth-order valence-corrected chi connectivity index (χ4v) is 4.41. The van der Waals surface area contributed by atoms with Crippen LogP contribution in [0.5, 0.6) is 11.8 Å². The average Bonchev–Trinajstić information content (AvgIpc) is 2.70.